The monoisotopic (exact) mass is 332 g/mol. The average Bonchev–Trinajstić information content (AvgIpc) is 2.44. The number of amides is 1. The highest BCUT2D eigenvalue weighted by molar-refractivity contribution is 5.82. The average molecular weight is 333 g/mol. The Morgan fingerprint density at radius 3 is 1.67 bits per heavy atom. The van der Waals surface area contributed by atoms with Gasteiger partial charge >= 0.3 is 5.91 Å². The molecule has 0 heterocycles. The van der Waals surface area contributed by atoms with Crippen LogP contribution in [0.1, 0.15) is 67.2 Å². The molecule has 0 atom stereocenters. The first kappa shape index (κ1) is 22.6. The summed E-state index contributed by atoms with van der Waals surface area (Å²) in [4.78, 5) is 12.5. The van der Waals surface area contributed by atoms with Crippen LogP contribution in [0.5, 0.6) is 0 Å². The summed E-state index contributed by atoms with van der Waals surface area (Å²) in [6, 6.07) is 0. The van der Waals surface area contributed by atoms with Crippen molar-refractivity contribution in [2.45, 2.75) is 67.2 Å². The zero-order valence-corrected chi connectivity index (χ0v) is 17.2. The normalized spacial score (nSPS) is 12.8. The third-order valence-electron chi connectivity index (χ3n) is 4.05. The van der Waals surface area contributed by atoms with Crippen LogP contribution in [0.25, 0.3) is 0 Å². The van der Waals surface area contributed by atoms with Gasteiger partial charge in [0.15, 0.2) is 0 Å². The Kier molecular flexibility index (Phi) is 10.5. The third-order valence-corrected chi connectivity index (χ3v) is 4.05. The van der Waals surface area contributed by atoms with Gasteiger partial charge < -0.3 is 0 Å². The third kappa shape index (κ3) is 11.2. The number of carbonyl (C=O) groups excluding carboxylic acids is 1. The molecule has 0 radical (unpaired) electrons. The van der Waals surface area contributed by atoms with Crippen molar-refractivity contribution in [1.82, 2.24) is 0 Å². The Morgan fingerprint density at radius 2 is 1.21 bits per heavy atom. The second-order valence-electron chi connectivity index (χ2n) is 7.89. The van der Waals surface area contributed by atoms with Gasteiger partial charge in [0.05, 0.1) is 14.1 Å². The lowest BCUT2D eigenvalue weighted by Gasteiger charge is -2.24. The smallest absolute Gasteiger partial charge is 0.258 e. The summed E-state index contributed by atoms with van der Waals surface area (Å²) < 4.78 is 0.375. The number of likely N-dealkylation sites (N-methyl/N-ethyl adjacent to an activating group) is 1. The highest BCUT2D eigenvalue weighted by atomic mass is 16.2. The molecule has 0 aromatic carbocycles. The number of allylic oxidation sites excluding steroid dienone is 6. The van der Waals surface area contributed by atoms with Crippen molar-refractivity contribution >= 4 is 5.91 Å². The molecule has 0 rings (SSSR count). The van der Waals surface area contributed by atoms with E-state index in [0.29, 0.717) is 4.48 Å². The van der Waals surface area contributed by atoms with Crippen LogP contribution >= 0.6 is 0 Å². The van der Waals surface area contributed by atoms with Gasteiger partial charge in [-0.2, -0.15) is 0 Å². The largest absolute Gasteiger partial charge is 0.338 e. The SMILES string of the molecule is CC(C)=CCCC(C)=CC(=O)[N+](C)(C)C/C=C(/C)CCC=C(C)C. The van der Waals surface area contributed by atoms with Crippen LogP contribution < -0.4 is 0 Å². The van der Waals surface area contributed by atoms with Crippen LogP contribution in [0, 0.1) is 0 Å². The Labute approximate surface area is 150 Å². The highest BCUT2D eigenvalue weighted by Crippen LogP contribution is 2.12. The molecular formula is C22H38NO+. The second kappa shape index (κ2) is 11.2. The minimum atomic E-state index is 0.179. The zero-order valence-electron chi connectivity index (χ0n) is 17.2. The van der Waals surface area contributed by atoms with Crippen LogP contribution in [-0.2, 0) is 4.79 Å². The van der Waals surface area contributed by atoms with E-state index in [1.807, 2.05) is 20.2 Å². The van der Waals surface area contributed by atoms with Gasteiger partial charge in [0, 0.05) is 6.08 Å². The molecule has 0 fully saturated rings. The Morgan fingerprint density at radius 1 is 0.750 bits per heavy atom. The van der Waals surface area contributed by atoms with E-state index in [1.54, 1.807) is 0 Å². The van der Waals surface area contributed by atoms with Gasteiger partial charge in [0.25, 0.3) is 0 Å². The molecule has 1 amide bonds. The molecule has 0 aliphatic rings. The molecular weight excluding hydrogens is 294 g/mol. The number of hydrogen-bond acceptors (Lipinski definition) is 1. The Balaban J connectivity index is 4.60. The summed E-state index contributed by atoms with van der Waals surface area (Å²) in [7, 11) is 3.98. The van der Waals surface area contributed by atoms with Crippen molar-refractivity contribution < 1.29 is 9.28 Å². The molecule has 0 aliphatic heterocycles. The maximum Gasteiger partial charge on any atom is 0.338 e. The van der Waals surface area contributed by atoms with E-state index in [2.05, 4.69) is 59.8 Å². The minimum Gasteiger partial charge on any atom is -0.258 e. The van der Waals surface area contributed by atoms with Crippen LogP contribution in [0.15, 0.2) is 46.6 Å². The summed E-state index contributed by atoms with van der Waals surface area (Å²) in [6.45, 7) is 13.4. The van der Waals surface area contributed by atoms with Crippen molar-refractivity contribution in [3.8, 4) is 0 Å². The number of nitrogens with zero attached hydrogens (tertiary/aromatic N) is 1. The van der Waals surface area contributed by atoms with E-state index in [0.717, 1.165) is 37.8 Å². The van der Waals surface area contributed by atoms with E-state index < -0.39 is 0 Å². The standard InChI is InChI=1S/C22H38NO/c1-18(2)11-9-13-20(5)15-16-23(7,8)22(24)17-21(6)14-10-12-19(3)4/h11-12,15,17H,9-10,13-14,16H2,1-8H3/q+1/b20-15-,21-17?. The molecule has 2 heteroatoms. The Bertz CT molecular complexity index is 522. The summed E-state index contributed by atoms with van der Waals surface area (Å²) in [5.74, 6) is 0.179. The quantitative estimate of drug-likeness (QED) is 0.288. The molecule has 0 saturated heterocycles. The van der Waals surface area contributed by atoms with Crippen LogP contribution in [0.3, 0.4) is 0 Å². The molecule has 0 spiro atoms. The molecule has 0 aliphatic carbocycles. The molecule has 0 aromatic heterocycles. The summed E-state index contributed by atoms with van der Waals surface area (Å²) in [5.41, 5.74) is 5.21. The van der Waals surface area contributed by atoms with Crippen LogP contribution in [-0.4, -0.2) is 31.0 Å². The highest BCUT2D eigenvalue weighted by Gasteiger charge is 2.22. The second-order valence-corrected chi connectivity index (χ2v) is 7.89. The Hall–Kier alpha value is -1.41. The molecule has 24 heavy (non-hydrogen) atoms. The number of hydrogen-bond donors (Lipinski definition) is 0. The lowest BCUT2D eigenvalue weighted by atomic mass is 10.1. The van der Waals surface area contributed by atoms with E-state index in [4.69, 9.17) is 0 Å². The lowest BCUT2D eigenvalue weighted by Crippen LogP contribution is -2.44. The van der Waals surface area contributed by atoms with Gasteiger partial charge in [-0.25, -0.2) is 4.79 Å². The van der Waals surface area contributed by atoms with Gasteiger partial charge in [-0.15, -0.1) is 0 Å². The van der Waals surface area contributed by atoms with Crippen LogP contribution in [0.2, 0.25) is 0 Å². The molecule has 136 valence electrons. The minimum absolute atomic E-state index is 0.179. The van der Waals surface area contributed by atoms with Crippen LogP contribution in [0.4, 0.5) is 0 Å². The molecule has 0 unspecified atom stereocenters. The van der Waals surface area contributed by atoms with Crippen molar-refractivity contribution in [1.29, 1.82) is 0 Å². The molecule has 0 saturated carbocycles. The molecule has 0 N–H and O–H groups in total. The maximum absolute atomic E-state index is 12.5. The summed E-state index contributed by atoms with van der Waals surface area (Å²) >= 11 is 0. The van der Waals surface area contributed by atoms with E-state index in [1.165, 1.54) is 16.7 Å². The molecule has 2 nitrogen and oxygen atoms in total. The van der Waals surface area contributed by atoms with Gasteiger partial charge in [0.1, 0.15) is 6.54 Å². The van der Waals surface area contributed by atoms with Gasteiger partial charge in [-0.05, 0) is 73.3 Å². The van der Waals surface area contributed by atoms with Gasteiger partial charge in [-0.1, -0.05) is 34.4 Å². The zero-order chi connectivity index (χ0) is 18.8. The van der Waals surface area contributed by atoms with Gasteiger partial charge in [0.2, 0.25) is 0 Å². The fraction of sp³-hybridized carbons (Fsp3) is 0.591. The lowest BCUT2D eigenvalue weighted by molar-refractivity contribution is -0.804. The van der Waals surface area contributed by atoms with Crippen molar-refractivity contribution in [3.05, 3.63) is 46.6 Å². The topological polar surface area (TPSA) is 17.1 Å². The summed E-state index contributed by atoms with van der Waals surface area (Å²) in [5, 5.41) is 0. The van der Waals surface area contributed by atoms with Crippen molar-refractivity contribution in [2.24, 2.45) is 0 Å². The fourth-order valence-corrected chi connectivity index (χ4v) is 2.21. The van der Waals surface area contributed by atoms with Crippen molar-refractivity contribution in [3.63, 3.8) is 0 Å². The number of carbonyl (C=O) groups is 1. The molecule has 0 aromatic rings. The van der Waals surface area contributed by atoms with E-state index >= 15 is 0 Å². The maximum atomic E-state index is 12.5. The van der Waals surface area contributed by atoms with Gasteiger partial charge in [-0.3, -0.25) is 4.48 Å². The molecule has 0 bridgehead atoms. The predicted octanol–water partition coefficient (Wildman–Crippen LogP) is 5.97. The number of quaternary nitrogens is 1. The number of rotatable bonds is 9. The predicted molar refractivity (Wildman–Crippen MR) is 107 cm³/mol. The first-order valence-corrected chi connectivity index (χ1v) is 9.01. The first-order valence-electron chi connectivity index (χ1n) is 9.01. The fourth-order valence-electron chi connectivity index (χ4n) is 2.21. The van der Waals surface area contributed by atoms with E-state index in [9.17, 15) is 4.79 Å². The first-order chi connectivity index (χ1) is 11.0. The van der Waals surface area contributed by atoms with Crippen molar-refractivity contribution in [2.75, 3.05) is 20.6 Å². The van der Waals surface area contributed by atoms with E-state index in [-0.39, 0.29) is 5.91 Å². The summed E-state index contributed by atoms with van der Waals surface area (Å²) in [6.07, 6.45) is 12.6.